The molecule has 7 nitrogen and oxygen atoms in total. The lowest BCUT2D eigenvalue weighted by Gasteiger charge is -2.35. The van der Waals surface area contributed by atoms with Crippen molar-refractivity contribution in [2.45, 2.75) is 50.6 Å². The maximum absolute atomic E-state index is 12.8. The molecular weight excluding hydrogens is 416 g/mol. The lowest BCUT2D eigenvalue weighted by molar-refractivity contribution is -0.122. The fourth-order valence-corrected chi connectivity index (χ4v) is 4.99. The zero-order valence-electron chi connectivity index (χ0n) is 18.2. The van der Waals surface area contributed by atoms with Crippen LogP contribution in [0.15, 0.2) is 53.4 Å². The van der Waals surface area contributed by atoms with Crippen molar-refractivity contribution in [1.82, 2.24) is 4.31 Å². The van der Waals surface area contributed by atoms with Gasteiger partial charge in [-0.05, 0) is 63.4 Å². The third kappa shape index (κ3) is 4.80. The fourth-order valence-electron chi connectivity index (χ4n) is 3.58. The monoisotopic (exact) mass is 444 g/mol. The van der Waals surface area contributed by atoms with Gasteiger partial charge < -0.3 is 9.64 Å². The number of fused-ring (bicyclic) bond motifs is 1. The fraction of sp³-hybridized carbons (Fsp3) is 0.391. The maximum Gasteiger partial charge on any atom is 0.338 e. The highest BCUT2D eigenvalue weighted by molar-refractivity contribution is 7.89. The predicted octanol–water partition coefficient (Wildman–Crippen LogP) is 3.24. The molecule has 166 valence electrons. The number of carbonyl (C=O) groups excluding carboxylic acids is 2. The molecule has 0 aromatic heterocycles. The second-order valence-electron chi connectivity index (χ2n) is 8.00. The molecule has 0 spiro atoms. The van der Waals surface area contributed by atoms with Gasteiger partial charge >= 0.3 is 5.97 Å². The van der Waals surface area contributed by atoms with E-state index in [4.69, 9.17) is 4.74 Å². The van der Waals surface area contributed by atoms with Crippen LogP contribution >= 0.6 is 0 Å². The van der Waals surface area contributed by atoms with Crippen molar-refractivity contribution in [3.05, 3.63) is 59.7 Å². The first-order valence-electron chi connectivity index (χ1n) is 10.3. The highest BCUT2D eigenvalue weighted by Gasteiger charge is 2.29. The van der Waals surface area contributed by atoms with Crippen LogP contribution in [0.4, 0.5) is 5.69 Å². The number of nitrogens with zero attached hydrogens (tertiary/aromatic N) is 2. The summed E-state index contributed by atoms with van der Waals surface area (Å²) in [5.74, 6) is -1.05. The Bertz CT molecular complexity index is 1080. The van der Waals surface area contributed by atoms with E-state index in [2.05, 4.69) is 0 Å². The van der Waals surface area contributed by atoms with Crippen LogP contribution in [0.5, 0.6) is 0 Å². The average molecular weight is 445 g/mol. The minimum atomic E-state index is -3.73. The third-order valence-electron chi connectivity index (χ3n) is 5.59. The van der Waals surface area contributed by atoms with Crippen molar-refractivity contribution in [1.29, 1.82) is 0 Å². The van der Waals surface area contributed by atoms with E-state index in [9.17, 15) is 18.0 Å². The van der Waals surface area contributed by atoms with E-state index >= 15 is 0 Å². The number of amides is 1. The zero-order chi connectivity index (χ0) is 22.8. The van der Waals surface area contributed by atoms with Crippen LogP contribution in [0.2, 0.25) is 0 Å². The van der Waals surface area contributed by atoms with Crippen molar-refractivity contribution >= 4 is 27.6 Å². The summed E-state index contributed by atoms with van der Waals surface area (Å²) >= 11 is 0. The molecule has 0 N–H and O–H groups in total. The topological polar surface area (TPSA) is 84.0 Å². The van der Waals surface area contributed by atoms with Crippen LogP contribution in [-0.4, -0.2) is 50.3 Å². The van der Waals surface area contributed by atoms with E-state index in [0.717, 1.165) is 24.1 Å². The number of ether oxygens (including phenoxy) is 1. The van der Waals surface area contributed by atoms with Gasteiger partial charge in [-0.1, -0.05) is 24.3 Å². The molecule has 0 bridgehead atoms. The molecule has 0 radical (unpaired) electrons. The Labute approximate surface area is 183 Å². The number of aryl methyl sites for hydroxylation is 1. The van der Waals surface area contributed by atoms with Gasteiger partial charge in [-0.15, -0.1) is 0 Å². The van der Waals surface area contributed by atoms with Gasteiger partial charge in [0.2, 0.25) is 10.0 Å². The van der Waals surface area contributed by atoms with Crippen LogP contribution in [0.3, 0.4) is 0 Å². The molecule has 0 fully saturated rings. The second kappa shape index (κ2) is 9.20. The third-order valence-corrected chi connectivity index (χ3v) is 7.62. The molecule has 1 heterocycles. The SMILES string of the molecule is CC1CCc2ccccc2N1C(=O)COC(=O)c1cccc(S(=O)(=O)N(C)C(C)C)c1. The summed E-state index contributed by atoms with van der Waals surface area (Å²) in [6, 6.07) is 13.1. The lowest BCUT2D eigenvalue weighted by Crippen LogP contribution is -2.44. The van der Waals surface area contributed by atoms with Crippen LogP contribution in [0, 0.1) is 0 Å². The molecule has 3 rings (SSSR count). The molecule has 1 amide bonds. The van der Waals surface area contributed by atoms with Crippen LogP contribution in [0.25, 0.3) is 0 Å². The van der Waals surface area contributed by atoms with Gasteiger partial charge in [0.05, 0.1) is 10.5 Å². The highest BCUT2D eigenvalue weighted by Crippen LogP contribution is 2.30. The number of rotatable bonds is 6. The maximum atomic E-state index is 12.8. The molecular formula is C23H28N2O5S. The van der Waals surface area contributed by atoms with Gasteiger partial charge in [0, 0.05) is 24.8 Å². The molecule has 0 saturated heterocycles. The Balaban J connectivity index is 1.73. The first-order chi connectivity index (χ1) is 14.6. The smallest absolute Gasteiger partial charge is 0.338 e. The Hall–Kier alpha value is -2.71. The van der Waals surface area contributed by atoms with Gasteiger partial charge in [0.1, 0.15) is 0 Å². The first kappa shape index (κ1) is 23.0. The normalized spacial score (nSPS) is 16.3. The standard InChI is InChI=1S/C23H28N2O5S/c1-16(2)24(4)31(28,29)20-10-7-9-19(14-20)23(27)30-15-22(26)25-17(3)12-13-18-8-5-6-11-21(18)25/h5-11,14,16-17H,12-13,15H2,1-4H3. The van der Waals surface area contributed by atoms with Crippen molar-refractivity contribution < 1.29 is 22.7 Å². The highest BCUT2D eigenvalue weighted by atomic mass is 32.2. The van der Waals surface area contributed by atoms with E-state index in [1.54, 1.807) is 18.7 Å². The van der Waals surface area contributed by atoms with E-state index in [1.165, 1.54) is 35.6 Å². The summed E-state index contributed by atoms with van der Waals surface area (Å²) in [6.07, 6.45) is 1.73. The van der Waals surface area contributed by atoms with Crippen LogP contribution in [-0.2, 0) is 26.0 Å². The molecule has 31 heavy (non-hydrogen) atoms. The Morgan fingerprint density at radius 2 is 1.87 bits per heavy atom. The van der Waals surface area contributed by atoms with Crippen molar-refractivity contribution in [2.75, 3.05) is 18.6 Å². The zero-order valence-corrected chi connectivity index (χ0v) is 19.1. The minimum absolute atomic E-state index is 0.00106. The van der Waals surface area contributed by atoms with E-state index in [-0.39, 0.29) is 28.4 Å². The predicted molar refractivity (Wildman–Crippen MR) is 119 cm³/mol. The summed E-state index contributed by atoms with van der Waals surface area (Å²) in [5, 5.41) is 0. The number of hydrogen-bond acceptors (Lipinski definition) is 5. The molecule has 8 heteroatoms. The van der Waals surface area contributed by atoms with Crippen LogP contribution in [0.1, 0.15) is 43.1 Å². The Kier molecular flexibility index (Phi) is 6.81. The van der Waals surface area contributed by atoms with Gasteiger partial charge in [0.15, 0.2) is 6.61 Å². The first-order valence-corrected chi connectivity index (χ1v) is 11.7. The Morgan fingerprint density at radius 3 is 2.58 bits per heavy atom. The molecule has 1 unspecified atom stereocenters. The summed E-state index contributed by atoms with van der Waals surface area (Å²) < 4.78 is 31.8. The van der Waals surface area contributed by atoms with E-state index in [0.29, 0.717) is 0 Å². The molecule has 1 aliphatic heterocycles. The Morgan fingerprint density at radius 1 is 1.16 bits per heavy atom. The van der Waals surface area contributed by atoms with Crippen molar-refractivity contribution in [3.63, 3.8) is 0 Å². The van der Waals surface area contributed by atoms with Gasteiger partial charge in [-0.25, -0.2) is 13.2 Å². The van der Waals surface area contributed by atoms with E-state index in [1.807, 2.05) is 31.2 Å². The molecule has 0 aliphatic carbocycles. The largest absolute Gasteiger partial charge is 0.452 e. The quantitative estimate of drug-likeness (QED) is 0.639. The van der Waals surface area contributed by atoms with Gasteiger partial charge in [-0.3, -0.25) is 4.79 Å². The summed E-state index contributed by atoms with van der Waals surface area (Å²) in [4.78, 5) is 27.1. The number of para-hydroxylation sites is 1. The van der Waals surface area contributed by atoms with E-state index < -0.39 is 22.6 Å². The molecule has 2 aromatic rings. The summed E-state index contributed by atoms with van der Waals surface area (Å²) in [5.41, 5.74) is 2.01. The van der Waals surface area contributed by atoms with Gasteiger partial charge in [-0.2, -0.15) is 4.31 Å². The number of esters is 1. The lowest BCUT2D eigenvalue weighted by atomic mass is 9.96. The minimum Gasteiger partial charge on any atom is -0.452 e. The summed E-state index contributed by atoms with van der Waals surface area (Å²) in [7, 11) is -2.25. The number of sulfonamides is 1. The average Bonchev–Trinajstić information content (AvgIpc) is 2.76. The number of hydrogen-bond donors (Lipinski definition) is 0. The molecule has 1 atom stereocenters. The number of benzene rings is 2. The van der Waals surface area contributed by atoms with Crippen LogP contribution < -0.4 is 4.90 Å². The molecule has 2 aromatic carbocycles. The summed E-state index contributed by atoms with van der Waals surface area (Å²) in [6.45, 7) is 5.08. The number of carbonyl (C=O) groups is 2. The number of anilines is 1. The van der Waals surface area contributed by atoms with Gasteiger partial charge in [0.25, 0.3) is 5.91 Å². The van der Waals surface area contributed by atoms with Crippen molar-refractivity contribution in [2.24, 2.45) is 0 Å². The molecule has 0 saturated carbocycles. The molecule has 1 aliphatic rings. The second-order valence-corrected chi connectivity index (χ2v) is 10.00. The van der Waals surface area contributed by atoms with Crippen molar-refractivity contribution in [3.8, 4) is 0 Å².